The second-order valence-electron chi connectivity index (χ2n) is 3.91. The summed E-state index contributed by atoms with van der Waals surface area (Å²) in [7, 11) is 0. The van der Waals surface area contributed by atoms with Gasteiger partial charge in [0.2, 0.25) is 0 Å². The maximum Gasteiger partial charge on any atom is 0.138 e. The molecule has 2 aromatic carbocycles. The fraction of sp³-hybridized carbons (Fsp3) is 0. The highest BCUT2D eigenvalue weighted by Crippen LogP contribution is 2.28. The fourth-order valence-electron chi connectivity index (χ4n) is 1.91. The first-order valence-electron chi connectivity index (χ1n) is 5.62. The predicted octanol–water partition coefficient (Wildman–Crippen LogP) is 2.85. The second kappa shape index (κ2) is 4.33. The minimum atomic E-state index is 0.599. The molecule has 1 N–H and O–H groups in total. The Hall–Kier alpha value is -2.62. The van der Waals surface area contributed by atoms with E-state index < -0.39 is 0 Å². The number of nitrogens with zero attached hydrogens (tertiary/aromatic N) is 3. The van der Waals surface area contributed by atoms with E-state index in [-0.39, 0.29) is 0 Å². The molecular weight excluding hydrogens is 226 g/mol. The van der Waals surface area contributed by atoms with Crippen molar-refractivity contribution in [3.8, 4) is 22.5 Å². The summed E-state index contributed by atoms with van der Waals surface area (Å²) in [4.78, 5) is 0.817. The molecule has 4 heteroatoms. The van der Waals surface area contributed by atoms with Gasteiger partial charge in [-0.1, -0.05) is 65.5 Å². The van der Waals surface area contributed by atoms with Gasteiger partial charge in [-0.2, -0.15) is 0 Å². The van der Waals surface area contributed by atoms with Gasteiger partial charge in [0, 0.05) is 11.1 Å². The largest absolute Gasteiger partial charge is 0.410 e. The van der Waals surface area contributed by atoms with Gasteiger partial charge in [-0.15, -0.1) is 5.10 Å². The van der Waals surface area contributed by atoms with Gasteiger partial charge < -0.3 is 5.21 Å². The summed E-state index contributed by atoms with van der Waals surface area (Å²) in [5, 5.41) is 17.5. The van der Waals surface area contributed by atoms with Crippen LogP contribution in [0.2, 0.25) is 0 Å². The topological polar surface area (TPSA) is 50.9 Å². The van der Waals surface area contributed by atoms with E-state index in [4.69, 9.17) is 0 Å². The summed E-state index contributed by atoms with van der Waals surface area (Å²) >= 11 is 0. The zero-order valence-corrected chi connectivity index (χ0v) is 9.56. The van der Waals surface area contributed by atoms with Crippen molar-refractivity contribution in [2.75, 3.05) is 0 Å². The first kappa shape index (κ1) is 10.5. The Balaban J connectivity index is 2.19. The van der Waals surface area contributed by atoms with Crippen molar-refractivity contribution >= 4 is 0 Å². The molecule has 0 fully saturated rings. The third-order valence-corrected chi connectivity index (χ3v) is 2.75. The molecule has 0 amide bonds. The maximum absolute atomic E-state index is 9.79. The van der Waals surface area contributed by atoms with Gasteiger partial charge in [-0.3, -0.25) is 0 Å². The Kier molecular flexibility index (Phi) is 2.53. The molecule has 0 radical (unpaired) electrons. The van der Waals surface area contributed by atoms with Crippen LogP contribution in [0.5, 0.6) is 0 Å². The van der Waals surface area contributed by atoms with Crippen molar-refractivity contribution < 1.29 is 5.21 Å². The van der Waals surface area contributed by atoms with Gasteiger partial charge in [0.25, 0.3) is 0 Å². The molecule has 0 saturated heterocycles. The summed E-state index contributed by atoms with van der Waals surface area (Å²) in [5.74, 6) is 0. The molecule has 88 valence electrons. The summed E-state index contributed by atoms with van der Waals surface area (Å²) in [6.07, 6.45) is 0. The summed E-state index contributed by atoms with van der Waals surface area (Å²) in [5.41, 5.74) is 3.08. The lowest BCUT2D eigenvalue weighted by Crippen LogP contribution is -1.95. The van der Waals surface area contributed by atoms with Crippen LogP contribution in [0.25, 0.3) is 22.5 Å². The van der Waals surface area contributed by atoms with Gasteiger partial charge in [-0.25, -0.2) is 0 Å². The molecule has 4 nitrogen and oxygen atoms in total. The molecule has 18 heavy (non-hydrogen) atoms. The highest BCUT2D eigenvalue weighted by molar-refractivity contribution is 5.77. The first-order valence-corrected chi connectivity index (χ1v) is 5.62. The van der Waals surface area contributed by atoms with Gasteiger partial charge >= 0.3 is 0 Å². The van der Waals surface area contributed by atoms with E-state index in [9.17, 15) is 5.21 Å². The lowest BCUT2D eigenvalue weighted by molar-refractivity contribution is 0.147. The third-order valence-electron chi connectivity index (χ3n) is 2.75. The molecule has 1 aromatic heterocycles. The highest BCUT2D eigenvalue weighted by Gasteiger charge is 2.15. The molecule has 3 rings (SSSR count). The predicted molar refractivity (Wildman–Crippen MR) is 68.1 cm³/mol. The Labute approximate surface area is 104 Å². The Morgan fingerprint density at radius 3 is 1.94 bits per heavy atom. The van der Waals surface area contributed by atoms with Crippen molar-refractivity contribution in [2.24, 2.45) is 0 Å². The van der Waals surface area contributed by atoms with Crippen LogP contribution in [0, 0.1) is 0 Å². The SMILES string of the molecule is On1nnc(-c2ccccc2)c1-c1ccccc1. The number of rotatable bonds is 2. The van der Waals surface area contributed by atoms with Gasteiger partial charge in [0.1, 0.15) is 11.4 Å². The zero-order chi connectivity index (χ0) is 12.4. The Morgan fingerprint density at radius 1 is 0.778 bits per heavy atom. The number of hydrogen-bond donors (Lipinski definition) is 1. The van der Waals surface area contributed by atoms with E-state index in [1.165, 1.54) is 0 Å². The smallest absolute Gasteiger partial charge is 0.138 e. The van der Waals surface area contributed by atoms with Gasteiger partial charge in [0.15, 0.2) is 0 Å². The highest BCUT2D eigenvalue weighted by atomic mass is 16.5. The normalized spacial score (nSPS) is 10.4. The average Bonchev–Trinajstić information content (AvgIpc) is 2.83. The Morgan fingerprint density at radius 2 is 1.33 bits per heavy atom. The molecule has 0 spiro atoms. The molecule has 3 aromatic rings. The summed E-state index contributed by atoms with van der Waals surface area (Å²) in [6.45, 7) is 0. The van der Waals surface area contributed by atoms with E-state index >= 15 is 0 Å². The number of aromatic nitrogens is 3. The molecule has 0 atom stereocenters. The van der Waals surface area contributed by atoms with Crippen LogP contribution in [0.4, 0.5) is 0 Å². The average molecular weight is 237 g/mol. The van der Waals surface area contributed by atoms with E-state index in [0.29, 0.717) is 11.4 Å². The molecule has 0 bridgehead atoms. The van der Waals surface area contributed by atoms with Crippen LogP contribution in [0.15, 0.2) is 60.7 Å². The fourth-order valence-corrected chi connectivity index (χ4v) is 1.91. The van der Waals surface area contributed by atoms with Crippen molar-refractivity contribution in [1.82, 2.24) is 15.2 Å². The first-order chi connectivity index (χ1) is 8.86. The number of benzene rings is 2. The molecule has 0 saturated carbocycles. The molecule has 0 aliphatic carbocycles. The Bertz CT molecular complexity index is 647. The minimum Gasteiger partial charge on any atom is -0.410 e. The molecule has 0 aliphatic heterocycles. The van der Waals surface area contributed by atoms with Crippen LogP contribution in [0.3, 0.4) is 0 Å². The van der Waals surface area contributed by atoms with E-state index in [1.54, 1.807) is 0 Å². The summed E-state index contributed by atoms with van der Waals surface area (Å²) in [6, 6.07) is 19.3. The summed E-state index contributed by atoms with van der Waals surface area (Å²) < 4.78 is 0. The molecule has 0 aliphatic rings. The molecular formula is C14H11N3O. The van der Waals surface area contributed by atoms with Crippen LogP contribution in [-0.4, -0.2) is 20.4 Å². The van der Waals surface area contributed by atoms with E-state index in [2.05, 4.69) is 10.3 Å². The quantitative estimate of drug-likeness (QED) is 0.697. The number of hydrogen-bond acceptors (Lipinski definition) is 3. The van der Waals surface area contributed by atoms with Crippen molar-refractivity contribution in [1.29, 1.82) is 0 Å². The maximum atomic E-state index is 9.79. The second-order valence-corrected chi connectivity index (χ2v) is 3.91. The molecule has 0 unspecified atom stereocenters. The van der Waals surface area contributed by atoms with Gasteiger partial charge in [-0.05, 0) is 5.21 Å². The monoisotopic (exact) mass is 237 g/mol. The van der Waals surface area contributed by atoms with Crippen LogP contribution in [-0.2, 0) is 0 Å². The van der Waals surface area contributed by atoms with Crippen molar-refractivity contribution in [2.45, 2.75) is 0 Å². The van der Waals surface area contributed by atoms with Gasteiger partial charge in [0.05, 0.1) is 0 Å². The zero-order valence-electron chi connectivity index (χ0n) is 9.56. The lowest BCUT2D eigenvalue weighted by Gasteiger charge is -2.03. The standard InChI is InChI=1S/C14H11N3O/c18-17-14(12-9-5-2-6-10-12)13(15-16-17)11-7-3-1-4-8-11/h1-10,18H. The van der Waals surface area contributed by atoms with Crippen LogP contribution < -0.4 is 0 Å². The lowest BCUT2D eigenvalue weighted by atomic mass is 10.1. The van der Waals surface area contributed by atoms with Crippen LogP contribution in [0.1, 0.15) is 0 Å². The van der Waals surface area contributed by atoms with Crippen LogP contribution >= 0.6 is 0 Å². The minimum absolute atomic E-state index is 0.599. The molecule has 1 heterocycles. The van der Waals surface area contributed by atoms with Crippen molar-refractivity contribution in [3.05, 3.63) is 60.7 Å². The third kappa shape index (κ3) is 1.73. The van der Waals surface area contributed by atoms with E-state index in [1.807, 2.05) is 60.7 Å². The van der Waals surface area contributed by atoms with Crippen molar-refractivity contribution in [3.63, 3.8) is 0 Å². The van der Waals surface area contributed by atoms with E-state index in [0.717, 1.165) is 16.0 Å².